The molecule has 1 aliphatic rings. The lowest BCUT2D eigenvalue weighted by atomic mass is 10.0. The Hall–Kier alpha value is -3.46. The molecule has 0 spiro atoms. The molecule has 2 aromatic heterocycles. The fraction of sp³-hybridized carbons (Fsp3) is 0.273. The Bertz CT molecular complexity index is 1120. The van der Waals surface area contributed by atoms with E-state index in [1.807, 2.05) is 12.1 Å². The van der Waals surface area contributed by atoms with Gasteiger partial charge in [-0.05, 0) is 48.4 Å². The maximum atomic E-state index is 12.8. The van der Waals surface area contributed by atoms with Crippen LogP contribution in [0.5, 0.6) is 5.75 Å². The fourth-order valence-corrected chi connectivity index (χ4v) is 4.16. The topological polar surface area (TPSA) is 93.5 Å². The average Bonchev–Trinajstić information content (AvgIpc) is 3.43. The van der Waals surface area contributed by atoms with E-state index in [1.54, 1.807) is 55.3 Å². The highest BCUT2D eigenvalue weighted by Gasteiger charge is 2.29. The maximum absolute atomic E-state index is 12.8. The summed E-state index contributed by atoms with van der Waals surface area (Å²) in [6, 6.07) is 10.5. The number of likely N-dealkylation sites (N-methyl/N-ethyl adjacent to an activating group) is 1. The fourth-order valence-electron chi connectivity index (χ4n) is 3.34. The SMILES string of the molecule is CN(C)C(=O)COc1ccc(-c2cnc(NC(=O)C3CCC(=O)c4cccn43)s2)cc1. The summed E-state index contributed by atoms with van der Waals surface area (Å²) in [5, 5.41) is 3.37. The van der Waals surface area contributed by atoms with Crippen molar-refractivity contribution >= 4 is 34.1 Å². The number of carbonyl (C=O) groups is 3. The summed E-state index contributed by atoms with van der Waals surface area (Å²) in [5.41, 5.74) is 1.50. The van der Waals surface area contributed by atoms with Crippen molar-refractivity contribution in [2.24, 2.45) is 0 Å². The number of Topliss-reactive ketones (excluding diaryl/α,β-unsaturated/α-hetero) is 1. The van der Waals surface area contributed by atoms with Crippen molar-refractivity contribution in [2.45, 2.75) is 18.9 Å². The molecule has 0 aliphatic carbocycles. The Morgan fingerprint density at radius 1 is 1.26 bits per heavy atom. The van der Waals surface area contributed by atoms with E-state index >= 15 is 0 Å². The van der Waals surface area contributed by atoms with Crippen LogP contribution in [0.3, 0.4) is 0 Å². The van der Waals surface area contributed by atoms with Crippen molar-refractivity contribution in [3.05, 3.63) is 54.5 Å². The van der Waals surface area contributed by atoms with Crippen LogP contribution in [0.25, 0.3) is 10.4 Å². The van der Waals surface area contributed by atoms with E-state index in [9.17, 15) is 14.4 Å². The third kappa shape index (κ3) is 4.51. The molecule has 1 unspecified atom stereocenters. The maximum Gasteiger partial charge on any atom is 0.259 e. The molecule has 9 heteroatoms. The van der Waals surface area contributed by atoms with Gasteiger partial charge in [-0.3, -0.25) is 14.4 Å². The van der Waals surface area contributed by atoms with E-state index in [1.165, 1.54) is 16.2 Å². The Morgan fingerprint density at radius 3 is 2.77 bits per heavy atom. The van der Waals surface area contributed by atoms with E-state index in [0.29, 0.717) is 29.4 Å². The molecule has 0 fully saturated rings. The number of thiazole rings is 1. The lowest BCUT2D eigenvalue weighted by Crippen LogP contribution is -2.31. The largest absolute Gasteiger partial charge is 0.484 e. The molecule has 3 aromatic rings. The summed E-state index contributed by atoms with van der Waals surface area (Å²) < 4.78 is 7.22. The number of amides is 2. The summed E-state index contributed by atoms with van der Waals surface area (Å²) >= 11 is 1.37. The first kappa shape index (κ1) is 20.8. The van der Waals surface area contributed by atoms with Gasteiger partial charge in [-0.15, -0.1) is 0 Å². The molecule has 0 saturated heterocycles. The quantitative estimate of drug-likeness (QED) is 0.638. The molecule has 31 heavy (non-hydrogen) atoms. The van der Waals surface area contributed by atoms with E-state index in [-0.39, 0.29) is 24.2 Å². The van der Waals surface area contributed by atoms with Crippen molar-refractivity contribution in [1.82, 2.24) is 14.5 Å². The van der Waals surface area contributed by atoms with Crippen LogP contribution in [-0.4, -0.2) is 52.8 Å². The summed E-state index contributed by atoms with van der Waals surface area (Å²) in [6.45, 7) is -0.0149. The number of rotatable bonds is 6. The van der Waals surface area contributed by atoms with Crippen molar-refractivity contribution in [1.29, 1.82) is 0 Å². The number of aromatic nitrogens is 2. The minimum atomic E-state index is -0.420. The highest BCUT2D eigenvalue weighted by Crippen LogP contribution is 2.32. The molecule has 3 heterocycles. The normalized spacial score (nSPS) is 15.3. The average molecular weight is 439 g/mol. The minimum absolute atomic E-state index is 0.0149. The van der Waals surface area contributed by atoms with Crippen molar-refractivity contribution in [3.63, 3.8) is 0 Å². The molecule has 0 radical (unpaired) electrons. The number of hydrogen-bond acceptors (Lipinski definition) is 6. The Balaban J connectivity index is 1.40. The number of anilines is 1. The standard InChI is InChI=1S/C22H22N4O4S/c1-25(2)20(28)13-30-15-7-5-14(6-8-15)19-12-23-22(31-19)24-21(29)17-9-10-18(27)16-4-3-11-26(16)17/h3-8,11-12,17H,9-10,13H2,1-2H3,(H,23,24,29). The van der Waals surface area contributed by atoms with Gasteiger partial charge in [0.1, 0.15) is 11.8 Å². The summed E-state index contributed by atoms with van der Waals surface area (Å²) in [4.78, 5) is 43.1. The highest BCUT2D eigenvalue weighted by molar-refractivity contribution is 7.19. The monoisotopic (exact) mass is 438 g/mol. The molecule has 1 atom stereocenters. The number of fused-ring (bicyclic) bond motifs is 1. The van der Waals surface area contributed by atoms with Crippen LogP contribution in [0.15, 0.2) is 48.8 Å². The summed E-state index contributed by atoms with van der Waals surface area (Å²) in [5.74, 6) is 0.372. The zero-order valence-electron chi connectivity index (χ0n) is 17.2. The van der Waals surface area contributed by atoms with E-state index in [4.69, 9.17) is 4.74 Å². The molecule has 1 aromatic carbocycles. The summed E-state index contributed by atoms with van der Waals surface area (Å²) in [7, 11) is 3.36. The van der Waals surface area contributed by atoms with Crippen LogP contribution < -0.4 is 10.1 Å². The van der Waals surface area contributed by atoms with Crippen LogP contribution in [0, 0.1) is 0 Å². The second-order valence-electron chi connectivity index (χ2n) is 7.40. The smallest absolute Gasteiger partial charge is 0.259 e. The van der Waals surface area contributed by atoms with Crippen LogP contribution in [-0.2, 0) is 9.59 Å². The Kier molecular flexibility index (Phi) is 5.85. The minimum Gasteiger partial charge on any atom is -0.484 e. The second kappa shape index (κ2) is 8.73. The molecule has 0 bridgehead atoms. The first-order valence-corrected chi connectivity index (χ1v) is 10.6. The van der Waals surface area contributed by atoms with E-state index in [0.717, 1.165) is 10.4 Å². The first-order chi connectivity index (χ1) is 14.9. The van der Waals surface area contributed by atoms with Gasteiger partial charge in [-0.25, -0.2) is 4.98 Å². The number of nitrogens with zero attached hydrogens (tertiary/aromatic N) is 3. The van der Waals surface area contributed by atoms with E-state index < -0.39 is 6.04 Å². The molecule has 0 saturated carbocycles. The number of ketones is 1. The molecular weight excluding hydrogens is 416 g/mol. The van der Waals surface area contributed by atoms with Crippen molar-refractivity contribution in [3.8, 4) is 16.2 Å². The molecule has 1 N–H and O–H groups in total. The van der Waals surface area contributed by atoms with Gasteiger partial charge in [0.2, 0.25) is 5.91 Å². The molecule has 1 aliphatic heterocycles. The van der Waals surface area contributed by atoms with Gasteiger partial charge in [-0.2, -0.15) is 0 Å². The van der Waals surface area contributed by atoms with Crippen LogP contribution in [0.2, 0.25) is 0 Å². The van der Waals surface area contributed by atoms with Gasteiger partial charge >= 0.3 is 0 Å². The highest BCUT2D eigenvalue weighted by atomic mass is 32.1. The van der Waals surface area contributed by atoms with Gasteiger partial charge in [0.05, 0.1) is 10.6 Å². The first-order valence-electron chi connectivity index (χ1n) is 9.82. The van der Waals surface area contributed by atoms with Crippen molar-refractivity contribution < 1.29 is 19.1 Å². The molecule has 8 nitrogen and oxygen atoms in total. The van der Waals surface area contributed by atoms with Gasteiger partial charge < -0.3 is 19.5 Å². The predicted octanol–water partition coefficient (Wildman–Crippen LogP) is 3.23. The number of ether oxygens (including phenoxy) is 1. The van der Waals surface area contributed by atoms with Crippen LogP contribution in [0.4, 0.5) is 5.13 Å². The number of nitrogens with one attached hydrogen (secondary N) is 1. The Morgan fingerprint density at radius 2 is 2.03 bits per heavy atom. The molecular formula is C22H22N4O4S. The number of hydrogen-bond donors (Lipinski definition) is 1. The second-order valence-corrected chi connectivity index (χ2v) is 8.43. The summed E-state index contributed by atoms with van der Waals surface area (Å²) in [6.07, 6.45) is 4.30. The van der Waals surface area contributed by atoms with Gasteiger partial charge in [0, 0.05) is 32.9 Å². The van der Waals surface area contributed by atoms with Gasteiger partial charge in [0.25, 0.3) is 5.91 Å². The number of benzene rings is 1. The number of carbonyl (C=O) groups excluding carboxylic acids is 3. The lowest BCUT2D eigenvalue weighted by molar-refractivity contribution is -0.130. The van der Waals surface area contributed by atoms with Gasteiger partial charge in [-0.1, -0.05) is 11.3 Å². The lowest BCUT2D eigenvalue weighted by Gasteiger charge is -2.24. The Labute approximate surface area is 183 Å². The molecule has 160 valence electrons. The zero-order chi connectivity index (χ0) is 22.0. The predicted molar refractivity (Wildman–Crippen MR) is 117 cm³/mol. The van der Waals surface area contributed by atoms with E-state index in [2.05, 4.69) is 10.3 Å². The molecule has 4 rings (SSSR count). The van der Waals surface area contributed by atoms with Gasteiger partial charge in [0.15, 0.2) is 17.5 Å². The van der Waals surface area contributed by atoms with Crippen LogP contribution >= 0.6 is 11.3 Å². The zero-order valence-corrected chi connectivity index (χ0v) is 18.0. The third-order valence-electron chi connectivity index (χ3n) is 5.08. The molecule has 2 amide bonds. The third-order valence-corrected chi connectivity index (χ3v) is 6.05. The van der Waals surface area contributed by atoms with Crippen molar-refractivity contribution in [2.75, 3.05) is 26.0 Å². The van der Waals surface area contributed by atoms with Crippen LogP contribution in [0.1, 0.15) is 29.4 Å².